The van der Waals surface area contributed by atoms with Crippen molar-refractivity contribution in [3.63, 3.8) is 0 Å². The molecule has 3 nitrogen and oxygen atoms in total. The number of nitrogens with zero attached hydrogens (tertiary/aromatic N) is 2. The molecule has 3 rings (SSSR count). The van der Waals surface area contributed by atoms with Crippen LogP contribution >= 0.6 is 0 Å². The molecule has 128 valence electrons. The fraction of sp³-hybridized carbons (Fsp3) is 0.684. The van der Waals surface area contributed by atoms with Crippen LogP contribution in [0, 0.1) is 18.7 Å². The normalized spacial score (nSPS) is 30.7. The van der Waals surface area contributed by atoms with E-state index in [9.17, 15) is 9.50 Å². The van der Waals surface area contributed by atoms with Crippen LogP contribution in [0.25, 0.3) is 0 Å². The molecule has 4 heteroatoms. The first kappa shape index (κ1) is 16.7. The summed E-state index contributed by atoms with van der Waals surface area (Å²) in [6.07, 6.45) is 3.16. The molecule has 1 aromatic carbocycles. The Morgan fingerprint density at radius 1 is 1.22 bits per heavy atom. The molecule has 0 spiro atoms. The predicted molar refractivity (Wildman–Crippen MR) is 92.3 cm³/mol. The summed E-state index contributed by atoms with van der Waals surface area (Å²) in [5.74, 6) is 0.170. The van der Waals surface area contributed by atoms with Crippen molar-refractivity contribution in [2.75, 3.05) is 31.1 Å². The third-order valence-electron chi connectivity index (χ3n) is 5.96. The molecular formula is C19H29FN2O. The number of aliphatic hydroxyl groups is 1. The van der Waals surface area contributed by atoms with E-state index in [0.29, 0.717) is 12.0 Å². The Labute approximate surface area is 139 Å². The third-order valence-corrected chi connectivity index (χ3v) is 5.96. The SMILES string of the molecule is Cc1cc(F)ccc1N1CCC(N2CC[C@](C)(O)[C@H](C)C2)CC1. The maximum Gasteiger partial charge on any atom is 0.123 e. The molecule has 2 fully saturated rings. The van der Waals surface area contributed by atoms with Crippen molar-refractivity contribution < 1.29 is 9.50 Å². The van der Waals surface area contributed by atoms with Crippen LogP contribution in [0.3, 0.4) is 0 Å². The Hall–Kier alpha value is -1.13. The standard InChI is InChI=1S/C19H29FN2O/c1-14-12-16(20)4-5-18(14)21-9-6-17(7-10-21)22-11-8-19(3,23)15(2)13-22/h4-5,12,15,17,23H,6-11,13H2,1-3H3/t15-,19+/m1/s1. The highest BCUT2D eigenvalue weighted by atomic mass is 19.1. The van der Waals surface area contributed by atoms with Crippen LogP contribution in [0.5, 0.6) is 0 Å². The first-order chi connectivity index (χ1) is 10.9. The van der Waals surface area contributed by atoms with Crippen LogP contribution in [0.2, 0.25) is 0 Å². The van der Waals surface area contributed by atoms with E-state index in [-0.39, 0.29) is 5.82 Å². The average molecular weight is 320 g/mol. The van der Waals surface area contributed by atoms with Crippen molar-refractivity contribution in [2.24, 2.45) is 5.92 Å². The van der Waals surface area contributed by atoms with Gasteiger partial charge in [0.1, 0.15) is 5.82 Å². The lowest BCUT2D eigenvalue weighted by atomic mass is 9.82. The number of hydrogen-bond donors (Lipinski definition) is 1. The van der Waals surface area contributed by atoms with E-state index in [2.05, 4.69) is 16.7 Å². The molecule has 0 unspecified atom stereocenters. The van der Waals surface area contributed by atoms with Gasteiger partial charge < -0.3 is 10.0 Å². The van der Waals surface area contributed by atoms with Gasteiger partial charge in [0, 0.05) is 37.9 Å². The minimum absolute atomic E-state index is 0.157. The summed E-state index contributed by atoms with van der Waals surface area (Å²) < 4.78 is 13.3. The lowest BCUT2D eigenvalue weighted by Crippen LogP contribution is -2.54. The maximum absolute atomic E-state index is 13.3. The first-order valence-corrected chi connectivity index (χ1v) is 8.84. The Morgan fingerprint density at radius 2 is 1.91 bits per heavy atom. The van der Waals surface area contributed by atoms with Gasteiger partial charge in [-0.05, 0) is 62.8 Å². The predicted octanol–water partition coefficient (Wildman–Crippen LogP) is 3.20. The second kappa shape index (κ2) is 6.40. The van der Waals surface area contributed by atoms with Gasteiger partial charge in [-0.3, -0.25) is 4.90 Å². The Kier molecular flexibility index (Phi) is 4.65. The van der Waals surface area contributed by atoms with Gasteiger partial charge in [0.05, 0.1) is 5.60 Å². The molecule has 2 aliphatic rings. The van der Waals surface area contributed by atoms with Gasteiger partial charge >= 0.3 is 0 Å². The van der Waals surface area contributed by atoms with Gasteiger partial charge in [-0.15, -0.1) is 0 Å². The molecule has 2 saturated heterocycles. The molecule has 1 N–H and O–H groups in total. The summed E-state index contributed by atoms with van der Waals surface area (Å²) in [5, 5.41) is 10.3. The zero-order valence-electron chi connectivity index (χ0n) is 14.6. The van der Waals surface area contributed by atoms with Crippen LogP contribution in [0.15, 0.2) is 18.2 Å². The molecule has 1 aromatic rings. The van der Waals surface area contributed by atoms with Gasteiger partial charge in [-0.2, -0.15) is 0 Å². The van der Waals surface area contributed by atoms with E-state index in [4.69, 9.17) is 0 Å². The molecule has 2 heterocycles. The van der Waals surface area contributed by atoms with Gasteiger partial charge in [0.2, 0.25) is 0 Å². The van der Waals surface area contributed by atoms with Crippen molar-refractivity contribution in [3.05, 3.63) is 29.6 Å². The van der Waals surface area contributed by atoms with Gasteiger partial charge in [-0.1, -0.05) is 6.92 Å². The Bertz CT molecular complexity index is 552. The molecule has 0 bridgehead atoms. The summed E-state index contributed by atoms with van der Waals surface area (Å²) >= 11 is 0. The second-order valence-electron chi connectivity index (χ2n) is 7.65. The fourth-order valence-electron chi connectivity index (χ4n) is 4.03. The highest BCUT2D eigenvalue weighted by Gasteiger charge is 2.37. The summed E-state index contributed by atoms with van der Waals surface area (Å²) in [5.41, 5.74) is 1.67. The first-order valence-electron chi connectivity index (χ1n) is 8.84. The third kappa shape index (κ3) is 3.53. The van der Waals surface area contributed by atoms with Crippen molar-refractivity contribution in [3.8, 4) is 0 Å². The monoisotopic (exact) mass is 320 g/mol. The molecular weight excluding hydrogens is 291 g/mol. The lowest BCUT2D eigenvalue weighted by Gasteiger charge is -2.46. The van der Waals surface area contributed by atoms with Crippen molar-refractivity contribution in [1.29, 1.82) is 0 Å². The van der Waals surface area contributed by atoms with Crippen LogP contribution in [0.4, 0.5) is 10.1 Å². The van der Waals surface area contributed by atoms with Crippen molar-refractivity contribution >= 4 is 5.69 Å². The van der Waals surface area contributed by atoms with E-state index in [1.165, 1.54) is 5.69 Å². The van der Waals surface area contributed by atoms with Crippen molar-refractivity contribution in [1.82, 2.24) is 4.90 Å². The van der Waals surface area contributed by atoms with Crippen molar-refractivity contribution in [2.45, 2.75) is 51.7 Å². The molecule has 0 aliphatic carbocycles. The number of benzene rings is 1. The summed E-state index contributed by atoms with van der Waals surface area (Å²) in [6.45, 7) is 10.2. The minimum Gasteiger partial charge on any atom is -0.390 e. The fourth-order valence-corrected chi connectivity index (χ4v) is 4.03. The van der Waals surface area contributed by atoms with Gasteiger partial charge in [0.25, 0.3) is 0 Å². The lowest BCUT2D eigenvalue weighted by molar-refractivity contribution is -0.0621. The molecule has 0 amide bonds. The number of anilines is 1. The molecule has 0 radical (unpaired) electrons. The Balaban J connectivity index is 1.58. The summed E-state index contributed by atoms with van der Waals surface area (Å²) in [4.78, 5) is 4.95. The number of rotatable bonds is 2. The number of aryl methyl sites for hydroxylation is 1. The minimum atomic E-state index is -0.511. The van der Waals surface area contributed by atoms with Gasteiger partial charge in [-0.25, -0.2) is 4.39 Å². The smallest absolute Gasteiger partial charge is 0.123 e. The highest BCUT2D eigenvalue weighted by Crippen LogP contribution is 2.31. The average Bonchev–Trinajstić information content (AvgIpc) is 2.50. The number of piperidine rings is 2. The Morgan fingerprint density at radius 3 is 2.52 bits per heavy atom. The summed E-state index contributed by atoms with van der Waals surface area (Å²) in [7, 11) is 0. The van der Waals surface area contributed by atoms with Crippen LogP contribution in [0.1, 0.15) is 38.7 Å². The largest absolute Gasteiger partial charge is 0.390 e. The van der Waals surface area contributed by atoms with E-state index in [0.717, 1.165) is 51.0 Å². The van der Waals surface area contributed by atoms with E-state index >= 15 is 0 Å². The maximum atomic E-state index is 13.3. The second-order valence-corrected chi connectivity index (χ2v) is 7.65. The van der Waals surface area contributed by atoms with E-state index in [1.54, 1.807) is 12.1 Å². The zero-order valence-corrected chi connectivity index (χ0v) is 14.6. The number of likely N-dealkylation sites (tertiary alicyclic amines) is 1. The molecule has 0 aromatic heterocycles. The quantitative estimate of drug-likeness (QED) is 0.906. The van der Waals surface area contributed by atoms with E-state index in [1.807, 2.05) is 19.9 Å². The zero-order chi connectivity index (χ0) is 16.6. The van der Waals surface area contributed by atoms with Crippen LogP contribution < -0.4 is 4.90 Å². The van der Waals surface area contributed by atoms with Crippen LogP contribution in [-0.2, 0) is 0 Å². The molecule has 23 heavy (non-hydrogen) atoms. The summed E-state index contributed by atoms with van der Waals surface area (Å²) in [6, 6.07) is 5.70. The molecule has 0 saturated carbocycles. The molecule has 2 aliphatic heterocycles. The number of halogens is 1. The van der Waals surface area contributed by atoms with Gasteiger partial charge in [0.15, 0.2) is 0 Å². The molecule has 2 atom stereocenters. The highest BCUT2D eigenvalue weighted by molar-refractivity contribution is 5.53. The topological polar surface area (TPSA) is 26.7 Å². The number of hydrogen-bond acceptors (Lipinski definition) is 3. The van der Waals surface area contributed by atoms with Crippen LogP contribution in [-0.4, -0.2) is 47.8 Å². The van der Waals surface area contributed by atoms with E-state index < -0.39 is 5.60 Å².